The Morgan fingerprint density at radius 1 is 1.43 bits per heavy atom. The van der Waals surface area contributed by atoms with Crippen LogP contribution in [-0.4, -0.2) is 7.11 Å². The molecule has 0 aromatic heterocycles. The number of methoxy groups -OCH3 is 1. The predicted molar refractivity (Wildman–Crippen MR) is 57.8 cm³/mol. The van der Waals surface area contributed by atoms with Crippen LogP contribution in [0, 0.1) is 6.92 Å². The Balaban J connectivity index is 2.48. The highest BCUT2D eigenvalue weighted by atomic mass is 35.5. The lowest BCUT2D eigenvalue weighted by atomic mass is 10.0. The summed E-state index contributed by atoms with van der Waals surface area (Å²) in [6.07, 6.45) is 2.07. The number of hydrogen-bond acceptors (Lipinski definition) is 2. The summed E-state index contributed by atoms with van der Waals surface area (Å²) < 4.78 is 5.25. The van der Waals surface area contributed by atoms with E-state index < -0.39 is 0 Å². The van der Waals surface area contributed by atoms with Crippen LogP contribution in [0.5, 0.6) is 5.75 Å². The number of hydrogen-bond donors (Lipinski definition) is 1. The third-order valence-corrected chi connectivity index (χ3v) is 3.27. The number of halogens is 1. The molecule has 1 aliphatic carbocycles. The van der Waals surface area contributed by atoms with Gasteiger partial charge in [-0.3, -0.25) is 0 Å². The average Bonchev–Trinajstić information content (AvgIpc) is 2.89. The van der Waals surface area contributed by atoms with Crippen molar-refractivity contribution in [3.8, 4) is 5.75 Å². The Morgan fingerprint density at radius 2 is 2.07 bits per heavy atom. The highest BCUT2D eigenvalue weighted by molar-refractivity contribution is 6.31. The lowest BCUT2D eigenvalue weighted by Gasteiger charge is -2.14. The molecule has 1 aromatic rings. The molecule has 76 valence electrons. The van der Waals surface area contributed by atoms with Crippen molar-refractivity contribution in [2.45, 2.75) is 25.3 Å². The van der Waals surface area contributed by atoms with E-state index in [4.69, 9.17) is 22.1 Å². The van der Waals surface area contributed by atoms with Gasteiger partial charge < -0.3 is 10.5 Å². The quantitative estimate of drug-likeness (QED) is 0.816. The van der Waals surface area contributed by atoms with Crippen molar-refractivity contribution in [2.75, 3.05) is 7.11 Å². The normalized spacial score (nSPS) is 18.0. The van der Waals surface area contributed by atoms with E-state index in [0.717, 1.165) is 34.7 Å². The van der Waals surface area contributed by atoms with Gasteiger partial charge >= 0.3 is 0 Å². The highest BCUT2D eigenvalue weighted by Crippen LogP contribution is 2.45. The van der Waals surface area contributed by atoms with Crippen molar-refractivity contribution in [3.63, 3.8) is 0 Å². The van der Waals surface area contributed by atoms with Crippen molar-refractivity contribution < 1.29 is 4.74 Å². The molecule has 2 nitrogen and oxygen atoms in total. The van der Waals surface area contributed by atoms with Crippen LogP contribution in [0.2, 0.25) is 5.02 Å². The summed E-state index contributed by atoms with van der Waals surface area (Å²) in [5, 5.41) is 0.732. The third kappa shape index (κ3) is 1.49. The first-order chi connectivity index (χ1) is 6.57. The molecular formula is C11H14ClNO. The minimum atomic E-state index is -0.148. The van der Waals surface area contributed by atoms with Crippen LogP contribution in [0.4, 0.5) is 0 Å². The van der Waals surface area contributed by atoms with Gasteiger partial charge in [-0.15, -0.1) is 0 Å². The number of benzene rings is 1. The van der Waals surface area contributed by atoms with E-state index in [1.165, 1.54) is 0 Å². The van der Waals surface area contributed by atoms with E-state index in [-0.39, 0.29) is 5.54 Å². The fraction of sp³-hybridized carbons (Fsp3) is 0.455. The average molecular weight is 212 g/mol. The maximum Gasteiger partial charge on any atom is 0.123 e. The van der Waals surface area contributed by atoms with Crippen LogP contribution in [0.25, 0.3) is 0 Å². The second-order valence-electron chi connectivity index (χ2n) is 3.94. The molecule has 0 amide bonds. The third-order valence-electron chi connectivity index (χ3n) is 2.88. The van der Waals surface area contributed by atoms with Gasteiger partial charge in [-0.25, -0.2) is 0 Å². The second-order valence-corrected chi connectivity index (χ2v) is 4.35. The van der Waals surface area contributed by atoms with E-state index in [0.29, 0.717) is 0 Å². The molecule has 1 aromatic carbocycles. The summed E-state index contributed by atoms with van der Waals surface area (Å²) in [5.41, 5.74) is 8.01. The molecule has 0 spiro atoms. The fourth-order valence-electron chi connectivity index (χ4n) is 1.58. The Hall–Kier alpha value is -0.730. The molecule has 2 N–H and O–H groups in total. The zero-order valence-electron chi connectivity index (χ0n) is 8.43. The van der Waals surface area contributed by atoms with Crippen LogP contribution in [-0.2, 0) is 5.54 Å². The summed E-state index contributed by atoms with van der Waals surface area (Å²) in [5.74, 6) is 0.823. The number of ether oxygens (including phenoxy) is 1. The summed E-state index contributed by atoms with van der Waals surface area (Å²) in [6, 6.07) is 3.95. The Morgan fingerprint density at radius 3 is 2.57 bits per heavy atom. The largest absolute Gasteiger partial charge is 0.496 e. The molecule has 0 aliphatic heterocycles. The van der Waals surface area contributed by atoms with Gasteiger partial charge in [-0.1, -0.05) is 11.6 Å². The fourth-order valence-corrected chi connectivity index (χ4v) is 1.79. The van der Waals surface area contributed by atoms with Crippen molar-refractivity contribution in [1.82, 2.24) is 0 Å². The van der Waals surface area contributed by atoms with Crippen molar-refractivity contribution >= 4 is 11.6 Å². The smallest absolute Gasteiger partial charge is 0.123 e. The Bertz CT molecular complexity index is 372. The van der Waals surface area contributed by atoms with E-state index >= 15 is 0 Å². The van der Waals surface area contributed by atoms with Crippen LogP contribution in [0.3, 0.4) is 0 Å². The molecule has 0 saturated heterocycles. The maximum absolute atomic E-state index is 6.10. The van der Waals surface area contributed by atoms with Gasteiger partial charge in [0.15, 0.2) is 0 Å². The van der Waals surface area contributed by atoms with E-state index in [9.17, 15) is 0 Å². The Labute approximate surface area is 89.0 Å². The summed E-state index contributed by atoms with van der Waals surface area (Å²) in [4.78, 5) is 0. The molecule has 2 rings (SSSR count). The lowest BCUT2D eigenvalue weighted by molar-refractivity contribution is 0.410. The van der Waals surface area contributed by atoms with Crippen molar-refractivity contribution in [2.24, 2.45) is 5.73 Å². The van der Waals surface area contributed by atoms with Crippen molar-refractivity contribution in [1.29, 1.82) is 0 Å². The monoisotopic (exact) mass is 211 g/mol. The maximum atomic E-state index is 6.10. The zero-order valence-corrected chi connectivity index (χ0v) is 9.19. The molecule has 1 saturated carbocycles. The minimum Gasteiger partial charge on any atom is -0.496 e. The summed E-state index contributed by atoms with van der Waals surface area (Å²) in [6.45, 7) is 1.95. The summed E-state index contributed by atoms with van der Waals surface area (Å²) in [7, 11) is 1.65. The molecule has 0 radical (unpaired) electrons. The highest BCUT2D eigenvalue weighted by Gasteiger charge is 2.40. The molecule has 0 atom stereocenters. The molecule has 0 bridgehead atoms. The summed E-state index contributed by atoms with van der Waals surface area (Å²) >= 11 is 6.10. The molecule has 14 heavy (non-hydrogen) atoms. The zero-order chi connectivity index (χ0) is 10.3. The molecule has 0 heterocycles. The molecular weight excluding hydrogens is 198 g/mol. The van der Waals surface area contributed by atoms with Gasteiger partial charge in [0.1, 0.15) is 5.75 Å². The van der Waals surface area contributed by atoms with Gasteiger partial charge in [0, 0.05) is 16.1 Å². The molecule has 1 aliphatic rings. The van der Waals surface area contributed by atoms with Gasteiger partial charge in [0.2, 0.25) is 0 Å². The Kier molecular flexibility index (Phi) is 2.20. The van der Waals surface area contributed by atoms with Crippen LogP contribution >= 0.6 is 11.6 Å². The standard InChI is InChI=1S/C11H14ClNO/c1-7-9(12)5-8(6-10(7)14-2)11(13)3-4-11/h5-6H,3-4,13H2,1-2H3. The first-order valence-corrected chi connectivity index (χ1v) is 5.08. The van der Waals surface area contributed by atoms with Gasteiger partial charge in [0.05, 0.1) is 7.11 Å². The number of rotatable bonds is 2. The van der Waals surface area contributed by atoms with Gasteiger partial charge in [0.25, 0.3) is 0 Å². The van der Waals surface area contributed by atoms with E-state index in [1.807, 2.05) is 19.1 Å². The van der Waals surface area contributed by atoms with Crippen LogP contribution in [0.15, 0.2) is 12.1 Å². The SMILES string of the molecule is COc1cc(C2(N)CC2)cc(Cl)c1C. The van der Waals surface area contributed by atoms with Gasteiger partial charge in [-0.2, -0.15) is 0 Å². The minimum absolute atomic E-state index is 0.148. The van der Waals surface area contributed by atoms with Crippen LogP contribution in [0.1, 0.15) is 24.0 Å². The van der Waals surface area contributed by atoms with E-state index in [1.54, 1.807) is 7.11 Å². The molecule has 3 heteroatoms. The predicted octanol–water partition coefficient (Wildman–Crippen LogP) is 2.60. The molecule has 0 unspecified atom stereocenters. The first-order valence-electron chi connectivity index (χ1n) is 4.70. The van der Waals surface area contributed by atoms with E-state index in [2.05, 4.69) is 0 Å². The van der Waals surface area contributed by atoms with Gasteiger partial charge in [-0.05, 0) is 37.5 Å². The van der Waals surface area contributed by atoms with Crippen LogP contribution < -0.4 is 10.5 Å². The van der Waals surface area contributed by atoms with Crippen molar-refractivity contribution in [3.05, 3.63) is 28.3 Å². The second kappa shape index (κ2) is 3.14. The topological polar surface area (TPSA) is 35.2 Å². The molecule has 1 fully saturated rings. The number of nitrogens with two attached hydrogens (primary N) is 1. The first kappa shape index (κ1) is 9.81. The lowest BCUT2D eigenvalue weighted by Crippen LogP contribution is -2.18.